The van der Waals surface area contributed by atoms with Gasteiger partial charge in [-0.2, -0.15) is 0 Å². The lowest BCUT2D eigenvalue weighted by Crippen LogP contribution is -2.15. The number of hydrogen-bond donors (Lipinski definition) is 1. The molecule has 0 spiro atoms. The van der Waals surface area contributed by atoms with Gasteiger partial charge in [0.1, 0.15) is 0 Å². The Kier molecular flexibility index (Phi) is 1.69. The average molecular weight is 127 g/mol. The number of imidazole rings is 1. The van der Waals surface area contributed by atoms with E-state index in [-0.39, 0.29) is 0 Å². The van der Waals surface area contributed by atoms with Crippen molar-refractivity contribution in [1.82, 2.24) is 9.97 Å². The molecule has 0 bridgehead atoms. The van der Waals surface area contributed by atoms with Gasteiger partial charge in [-0.1, -0.05) is 0 Å². The molecule has 0 aliphatic rings. The smallest absolute Gasteiger partial charge is 0.226 e. The van der Waals surface area contributed by atoms with Gasteiger partial charge in [0.05, 0.1) is 7.11 Å². The minimum absolute atomic E-state index is 0.706. The second-order valence-electron chi connectivity index (χ2n) is 1.59. The number of aromatic nitrogens is 2. The summed E-state index contributed by atoms with van der Waals surface area (Å²) >= 11 is 0. The molecule has 0 fully saturated rings. The van der Waals surface area contributed by atoms with Gasteiger partial charge in [0.25, 0.3) is 0 Å². The van der Waals surface area contributed by atoms with Crippen LogP contribution in [0.1, 0.15) is 0 Å². The summed E-state index contributed by atoms with van der Waals surface area (Å²) in [5.74, 6) is 0.706. The van der Waals surface area contributed by atoms with Crippen LogP contribution < -0.4 is 5.06 Å². The molecule has 1 N–H and O–H groups in total. The third kappa shape index (κ3) is 1.20. The molecule has 1 aromatic heterocycles. The van der Waals surface area contributed by atoms with Crippen LogP contribution in [0.5, 0.6) is 0 Å². The highest BCUT2D eigenvalue weighted by atomic mass is 16.7. The van der Waals surface area contributed by atoms with Crippen LogP contribution in [0.4, 0.5) is 5.95 Å². The molecule has 4 nitrogen and oxygen atoms in total. The van der Waals surface area contributed by atoms with E-state index in [1.165, 1.54) is 0 Å². The van der Waals surface area contributed by atoms with Crippen molar-refractivity contribution in [2.24, 2.45) is 0 Å². The molecular formula is C5H9N3O. The van der Waals surface area contributed by atoms with Gasteiger partial charge >= 0.3 is 0 Å². The van der Waals surface area contributed by atoms with E-state index >= 15 is 0 Å². The zero-order chi connectivity index (χ0) is 6.69. The molecule has 1 heterocycles. The molecule has 50 valence electrons. The molecule has 0 aliphatic heterocycles. The maximum absolute atomic E-state index is 4.83. The molecule has 0 saturated heterocycles. The Balaban J connectivity index is 2.65. The first kappa shape index (κ1) is 6.10. The highest BCUT2D eigenvalue weighted by Crippen LogP contribution is 2.00. The molecule has 0 aromatic carbocycles. The molecule has 0 aliphatic carbocycles. The van der Waals surface area contributed by atoms with Gasteiger partial charge in [0.15, 0.2) is 0 Å². The zero-order valence-corrected chi connectivity index (χ0v) is 5.46. The fraction of sp³-hybridized carbons (Fsp3) is 0.400. The van der Waals surface area contributed by atoms with Crippen molar-refractivity contribution < 1.29 is 4.84 Å². The van der Waals surface area contributed by atoms with Gasteiger partial charge in [-0.3, -0.25) is 4.84 Å². The fourth-order valence-electron chi connectivity index (χ4n) is 0.516. The molecule has 4 heteroatoms. The lowest BCUT2D eigenvalue weighted by molar-refractivity contribution is 0.180. The van der Waals surface area contributed by atoms with Crippen LogP contribution in [0.2, 0.25) is 0 Å². The molecule has 0 unspecified atom stereocenters. The van der Waals surface area contributed by atoms with Crippen molar-refractivity contribution in [3.63, 3.8) is 0 Å². The van der Waals surface area contributed by atoms with Gasteiger partial charge in [0.2, 0.25) is 5.95 Å². The molecule has 0 radical (unpaired) electrons. The summed E-state index contributed by atoms with van der Waals surface area (Å²) in [6.45, 7) is 0. The Morgan fingerprint density at radius 3 is 3.00 bits per heavy atom. The summed E-state index contributed by atoms with van der Waals surface area (Å²) in [5.41, 5.74) is 0. The highest BCUT2D eigenvalue weighted by molar-refractivity contribution is 5.21. The molecule has 1 rings (SSSR count). The third-order valence-electron chi connectivity index (χ3n) is 1.06. The second-order valence-corrected chi connectivity index (χ2v) is 1.59. The Morgan fingerprint density at radius 2 is 2.56 bits per heavy atom. The molecule has 1 aromatic rings. The minimum atomic E-state index is 0.706. The molecule has 0 atom stereocenters. The van der Waals surface area contributed by atoms with E-state index in [1.54, 1.807) is 31.6 Å². The van der Waals surface area contributed by atoms with Crippen molar-refractivity contribution in [2.45, 2.75) is 0 Å². The summed E-state index contributed by atoms with van der Waals surface area (Å²) in [7, 11) is 3.36. The van der Waals surface area contributed by atoms with Crippen molar-refractivity contribution >= 4 is 5.95 Å². The average Bonchev–Trinajstić information content (AvgIpc) is 2.37. The largest absolute Gasteiger partial charge is 0.329 e. The van der Waals surface area contributed by atoms with Crippen molar-refractivity contribution in [1.29, 1.82) is 0 Å². The van der Waals surface area contributed by atoms with E-state index in [9.17, 15) is 0 Å². The van der Waals surface area contributed by atoms with E-state index in [4.69, 9.17) is 4.84 Å². The zero-order valence-electron chi connectivity index (χ0n) is 5.46. The number of nitrogens with one attached hydrogen (secondary N) is 1. The minimum Gasteiger partial charge on any atom is -0.329 e. The van der Waals surface area contributed by atoms with Gasteiger partial charge in [-0.25, -0.2) is 10.0 Å². The van der Waals surface area contributed by atoms with Gasteiger partial charge in [-0.05, 0) is 0 Å². The van der Waals surface area contributed by atoms with Crippen LogP contribution in [-0.4, -0.2) is 24.1 Å². The maximum atomic E-state index is 4.83. The van der Waals surface area contributed by atoms with Gasteiger partial charge in [0, 0.05) is 19.4 Å². The van der Waals surface area contributed by atoms with Crippen molar-refractivity contribution in [2.75, 3.05) is 19.2 Å². The summed E-state index contributed by atoms with van der Waals surface area (Å²) in [5, 5.41) is 1.54. The predicted molar refractivity (Wildman–Crippen MR) is 34.0 cm³/mol. The second kappa shape index (κ2) is 2.50. The normalized spacial score (nSPS) is 9.56. The van der Waals surface area contributed by atoms with E-state index < -0.39 is 0 Å². The lowest BCUT2D eigenvalue weighted by atomic mass is 11.0. The first-order chi connectivity index (χ1) is 4.34. The van der Waals surface area contributed by atoms with Crippen LogP contribution >= 0.6 is 0 Å². The SMILES string of the molecule is CON(C)c1ncc[nH]1. The first-order valence-electron chi connectivity index (χ1n) is 2.62. The molecule has 0 amide bonds. The number of rotatable bonds is 2. The Bertz CT molecular complexity index is 161. The monoisotopic (exact) mass is 127 g/mol. The summed E-state index contributed by atoms with van der Waals surface area (Å²) in [6.07, 6.45) is 3.41. The molecular weight excluding hydrogens is 118 g/mol. The summed E-state index contributed by atoms with van der Waals surface area (Å²) < 4.78 is 0. The number of H-pyrrole nitrogens is 1. The van der Waals surface area contributed by atoms with Crippen molar-refractivity contribution in [3.05, 3.63) is 12.4 Å². The lowest BCUT2D eigenvalue weighted by Gasteiger charge is -2.10. The topological polar surface area (TPSA) is 41.1 Å². The van der Waals surface area contributed by atoms with Gasteiger partial charge in [-0.15, -0.1) is 0 Å². The highest BCUT2D eigenvalue weighted by Gasteiger charge is 1.97. The number of aromatic amines is 1. The van der Waals surface area contributed by atoms with Gasteiger partial charge < -0.3 is 4.98 Å². The van der Waals surface area contributed by atoms with Crippen LogP contribution in [-0.2, 0) is 4.84 Å². The van der Waals surface area contributed by atoms with Crippen LogP contribution in [0.25, 0.3) is 0 Å². The molecule has 0 saturated carbocycles. The number of hydrogen-bond acceptors (Lipinski definition) is 3. The van der Waals surface area contributed by atoms with Crippen molar-refractivity contribution in [3.8, 4) is 0 Å². The quantitative estimate of drug-likeness (QED) is 0.585. The predicted octanol–water partition coefficient (Wildman–Crippen LogP) is 0.407. The first-order valence-corrected chi connectivity index (χ1v) is 2.62. The van der Waals surface area contributed by atoms with E-state index in [0.717, 1.165) is 0 Å². The molecule has 9 heavy (non-hydrogen) atoms. The van der Waals surface area contributed by atoms with Crippen LogP contribution in [0, 0.1) is 0 Å². The Hall–Kier alpha value is -1.03. The standard InChI is InChI=1S/C5H9N3O/c1-8(9-2)5-6-3-4-7-5/h3-4H,1-2H3,(H,6,7). The Labute approximate surface area is 53.4 Å². The van der Waals surface area contributed by atoms with Crippen LogP contribution in [0.15, 0.2) is 12.4 Å². The van der Waals surface area contributed by atoms with E-state index in [0.29, 0.717) is 5.95 Å². The third-order valence-corrected chi connectivity index (χ3v) is 1.06. The fourth-order valence-corrected chi connectivity index (χ4v) is 0.516. The number of nitrogens with zero attached hydrogens (tertiary/aromatic N) is 2. The summed E-state index contributed by atoms with van der Waals surface area (Å²) in [4.78, 5) is 11.6. The van der Waals surface area contributed by atoms with Crippen LogP contribution in [0.3, 0.4) is 0 Å². The van der Waals surface area contributed by atoms with E-state index in [1.807, 2.05) is 0 Å². The Morgan fingerprint density at radius 1 is 1.78 bits per heavy atom. The number of anilines is 1. The maximum Gasteiger partial charge on any atom is 0.226 e. The summed E-state index contributed by atoms with van der Waals surface area (Å²) in [6, 6.07) is 0. The number of hydroxylamine groups is 1. The van der Waals surface area contributed by atoms with E-state index in [2.05, 4.69) is 9.97 Å².